The van der Waals surface area contributed by atoms with E-state index in [2.05, 4.69) is 32.1 Å². The van der Waals surface area contributed by atoms with Gasteiger partial charge in [0.25, 0.3) is 0 Å². The monoisotopic (exact) mass is 333 g/mol. The first-order valence-corrected chi connectivity index (χ1v) is 8.76. The fourth-order valence-electron chi connectivity index (χ4n) is 2.98. The molecule has 2 N–H and O–H groups in total. The van der Waals surface area contributed by atoms with Gasteiger partial charge in [0, 0.05) is 49.9 Å². The maximum atomic E-state index is 12.4. The van der Waals surface area contributed by atoms with Gasteiger partial charge in [0.2, 0.25) is 5.91 Å². The second kappa shape index (κ2) is 7.25. The molecule has 0 fully saturated rings. The third-order valence-electron chi connectivity index (χ3n) is 4.22. The normalized spacial score (nSPS) is 16.1. The summed E-state index contributed by atoms with van der Waals surface area (Å²) < 4.78 is 1.71. The standard InChI is InChI=1S/C16H23N5OS/c1-17-15(13-9-19-20(2)10-13)16(22)18-5-7-21-6-3-14-12(11-21)4-8-23-14/h4,8-10,15,17H,3,5-7,11H2,1-2H3,(H,18,22). The maximum absolute atomic E-state index is 12.4. The summed E-state index contributed by atoms with van der Waals surface area (Å²) in [4.78, 5) is 16.3. The number of aryl methyl sites for hydroxylation is 1. The molecule has 3 rings (SSSR count). The van der Waals surface area contributed by atoms with Gasteiger partial charge >= 0.3 is 0 Å². The van der Waals surface area contributed by atoms with Crippen LogP contribution in [-0.2, 0) is 24.8 Å². The molecule has 0 spiro atoms. The molecular weight excluding hydrogens is 310 g/mol. The van der Waals surface area contributed by atoms with Crippen molar-refractivity contribution < 1.29 is 4.79 Å². The van der Waals surface area contributed by atoms with E-state index in [-0.39, 0.29) is 11.9 Å². The summed E-state index contributed by atoms with van der Waals surface area (Å²) in [5.74, 6) is -0.00580. The number of nitrogens with one attached hydrogen (secondary N) is 2. The number of amides is 1. The molecule has 1 aliphatic heterocycles. The summed E-state index contributed by atoms with van der Waals surface area (Å²) in [7, 11) is 3.64. The zero-order chi connectivity index (χ0) is 16.2. The van der Waals surface area contributed by atoms with Crippen LogP contribution >= 0.6 is 11.3 Å². The molecule has 23 heavy (non-hydrogen) atoms. The largest absolute Gasteiger partial charge is 0.353 e. The molecule has 1 aliphatic rings. The second-order valence-electron chi connectivity index (χ2n) is 5.86. The smallest absolute Gasteiger partial charge is 0.241 e. The Hall–Kier alpha value is -1.70. The topological polar surface area (TPSA) is 62.2 Å². The van der Waals surface area contributed by atoms with E-state index in [1.54, 1.807) is 17.9 Å². The molecule has 0 saturated heterocycles. The average molecular weight is 333 g/mol. The molecule has 3 heterocycles. The molecule has 1 amide bonds. The number of carbonyl (C=O) groups excluding carboxylic acids is 1. The van der Waals surface area contributed by atoms with E-state index in [9.17, 15) is 4.79 Å². The van der Waals surface area contributed by atoms with Crippen LogP contribution in [-0.4, -0.2) is 47.3 Å². The predicted molar refractivity (Wildman–Crippen MR) is 91.3 cm³/mol. The van der Waals surface area contributed by atoms with E-state index in [0.29, 0.717) is 6.54 Å². The number of hydrogen-bond donors (Lipinski definition) is 2. The number of carbonyl (C=O) groups is 1. The van der Waals surface area contributed by atoms with Crippen LogP contribution in [0.3, 0.4) is 0 Å². The van der Waals surface area contributed by atoms with Crippen molar-refractivity contribution in [1.82, 2.24) is 25.3 Å². The van der Waals surface area contributed by atoms with Crippen molar-refractivity contribution in [2.75, 3.05) is 26.7 Å². The molecule has 6 nitrogen and oxygen atoms in total. The fraction of sp³-hybridized carbons (Fsp3) is 0.500. The summed E-state index contributed by atoms with van der Waals surface area (Å²) in [5.41, 5.74) is 2.32. The van der Waals surface area contributed by atoms with E-state index in [1.807, 2.05) is 24.6 Å². The number of rotatable bonds is 6. The molecule has 0 aromatic carbocycles. The highest BCUT2D eigenvalue weighted by Gasteiger charge is 2.21. The van der Waals surface area contributed by atoms with E-state index >= 15 is 0 Å². The van der Waals surface area contributed by atoms with Gasteiger partial charge in [0.05, 0.1) is 6.20 Å². The zero-order valence-corrected chi connectivity index (χ0v) is 14.4. The second-order valence-corrected chi connectivity index (χ2v) is 6.86. The van der Waals surface area contributed by atoms with Crippen molar-refractivity contribution in [3.63, 3.8) is 0 Å². The van der Waals surface area contributed by atoms with E-state index in [1.165, 1.54) is 10.4 Å². The van der Waals surface area contributed by atoms with Crippen molar-refractivity contribution in [2.45, 2.75) is 19.0 Å². The zero-order valence-electron chi connectivity index (χ0n) is 13.6. The maximum Gasteiger partial charge on any atom is 0.241 e. The van der Waals surface area contributed by atoms with Gasteiger partial charge in [-0.15, -0.1) is 11.3 Å². The van der Waals surface area contributed by atoms with Crippen molar-refractivity contribution in [3.05, 3.63) is 39.8 Å². The summed E-state index contributed by atoms with van der Waals surface area (Å²) in [6.07, 6.45) is 4.71. The fourth-order valence-corrected chi connectivity index (χ4v) is 3.87. The number of thiophene rings is 1. The Balaban J connectivity index is 1.47. The van der Waals surface area contributed by atoms with Crippen LogP contribution in [0.4, 0.5) is 0 Å². The summed E-state index contributed by atoms with van der Waals surface area (Å²) in [6, 6.07) is 1.86. The highest BCUT2D eigenvalue weighted by Crippen LogP contribution is 2.23. The van der Waals surface area contributed by atoms with Crippen molar-refractivity contribution >= 4 is 17.2 Å². The van der Waals surface area contributed by atoms with Gasteiger partial charge in [-0.1, -0.05) is 0 Å². The molecule has 0 aliphatic carbocycles. The lowest BCUT2D eigenvalue weighted by molar-refractivity contribution is -0.123. The Labute approximate surface area is 140 Å². The lowest BCUT2D eigenvalue weighted by atomic mass is 10.1. The van der Waals surface area contributed by atoms with Crippen LogP contribution in [0, 0.1) is 0 Å². The molecule has 0 radical (unpaired) electrons. The first kappa shape index (κ1) is 16.2. The molecule has 0 bridgehead atoms. The van der Waals surface area contributed by atoms with Crippen LogP contribution in [0.2, 0.25) is 0 Å². The molecule has 1 unspecified atom stereocenters. The Morgan fingerprint density at radius 2 is 2.39 bits per heavy atom. The predicted octanol–water partition coefficient (Wildman–Crippen LogP) is 0.917. The summed E-state index contributed by atoms with van der Waals surface area (Å²) in [5, 5.41) is 12.4. The molecule has 2 aromatic heterocycles. The van der Waals surface area contributed by atoms with Crippen molar-refractivity contribution in [1.29, 1.82) is 0 Å². The number of hydrogen-bond acceptors (Lipinski definition) is 5. The quantitative estimate of drug-likeness (QED) is 0.825. The van der Waals surface area contributed by atoms with Crippen molar-refractivity contribution in [2.24, 2.45) is 7.05 Å². The van der Waals surface area contributed by atoms with Crippen molar-refractivity contribution in [3.8, 4) is 0 Å². The first-order valence-electron chi connectivity index (χ1n) is 7.88. The van der Waals surface area contributed by atoms with Gasteiger partial charge in [0.15, 0.2) is 0 Å². The van der Waals surface area contributed by atoms with E-state index in [0.717, 1.165) is 31.6 Å². The lowest BCUT2D eigenvalue weighted by Crippen LogP contribution is -2.41. The number of aromatic nitrogens is 2. The van der Waals surface area contributed by atoms with Gasteiger partial charge in [-0.3, -0.25) is 14.4 Å². The minimum atomic E-state index is -0.353. The molecule has 1 atom stereocenters. The minimum Gasteiger partial charge on any atom is -0.353 e. The van der Waals surface area contributed by atoms with Crippen LogP contribution in [0.5, 0.6) is 0 Å². The molecular formula is C16H23N5OS. The highest BCUT2D eigenvalue weighted by molar-refractivity contribution is 7.10. The first-order chi connectivity index (χ1) is 11.2. The average Bonchev–Trinajstić information content (AvgIpc) is 3.16. The van der Waals surface area contributed by atoms with Crippen LogP contribution in [0.25, 0.3) is 0 Å². The van der Waals surface area contributed by atoms with Gasteiger partial charge in [-0.05, 0) is 30.5 Å². The Kier molecular flexibility index (Phi) is 5.09. The molecule has 124 valence electrons. The van der Waals surface area contributed by atoms with Gasteiger partial charge in [0.1, 0.15) is 6.04 Å². The minimum absolute atomic E-state index is 0.00580. The third-order valence-corrected chi connectivity index (χ3v) is 5.25. The summed E-state index contributed by atoms with van der Waals surface area (Å²) >= 11 is 1.85. The molecule has 0 saturated carbocycles. The van der Waals surface area contributed by atoms with Gasteiger partial charge in [-0.2, -0.15) is 5.10 Å². The highest BCUT2D eigenvalue weighted by atomic mass is 32.1. The Bertz CT molecular complexity index is 665. The SMILES string of the molecule is CNC(C(=O)NCCN1CCc2sccc2C1)c1cnn(C)c1. The van der Waals surface area contributed by atoms with Gasteiger partial charge in [-0.25, -0.2) is 0 Å². The van der Waals surface area contributed by atoms with Crippen LogP contribution in [0.1, 0.15) is 22.0 Å². The Morgan fingerprint density at radius 3 is 3.13 bits per heavy atom. The van der Waals surface area contributed by atoms with Crippen LogP contribution < -0.4 is 10.6 Å². The lowest BCUT2D eigenvalue weighted by Gasteiger charge is -2.27. The van der Waals surface area contributed by atoms with E-state index in [4.69, 9.17) is 0 Å². The van der Waals surface area contributed by atoms with E-state index < -0.39 is 0 Å². The molecule has 2 aromatic rings. The van der Waals surface area contributed by atoms with Crippen LogP contribution in [0.15, 0.2) is 23.8 Å². The van der Waals surface area contributed by atoms with Gasteiger partial charge < -0.3 is 10.6 Å². The third kappa shape index (κ3) is 3.80. The Morgan fingerprint density at radius 1 is 1.52 bits per heavy atom. The number of fused-ring (bicyclic) bond motifs is 1. The number of nitrogens with zero attached hydrogens (tertiary/aromatic N) is 3. The molecule has 7 heteroatoms. The number of likely N-dealkylation sites (N-methyl/N-ethyl adjacent to an activating group) is 1. The summed E-state index contributed by atoms with van der Waals surface area (Å²) in [6.45, 7) is 3.61.